The zero-order valence-corrected chi connectivity index (χ0v) is 66.2. The summed E-state index contributed by atoms with van der Waals surface area (Å²) in [5.74, 6) is 10.8. The molecule has 0 spiro atoms. The van der Waals surface area contributed by atoms with Gasteiger partial charge in [0, 0.05) is 30.9 Å². The van der Waals surface area contributed by atoms with E-state index in [2.05, 4.69) is 38.4 Å². The number of H-pyrrole nitrogens is 4. The number of benzene rings is 4. The number of nitrogens with zero attached hydrogens (tertiary/aromatic N) is 4. The number of carbonyl (C=O) groups excluding carboxylic acids is 2. The van der Waals surface area contributed by atoms with E-state index in [1.165, 1.54) is 27.3 Å². The average molecular weight is 1740 g/mol. The van der Waals surface area contributed by atoms with Gasteiger partial charge in [-0.05, 0) is 170 Å². The number of aliphatic hydroxyl groups is 1. The Hall–Kier alpha value is -7.46. The van der Waals surface area contributed by atoms with Crippen LogP contribution in [0.3, 0.4) is 0 Å². The van der Waals surface area contributed by atoms with Crippen LogP contribution in [0.25, 0.3) is 0 Å². The fourth-order valence-corrected chi connectivity index (χ4v) is 8.79. The molecule has 0 fully saturated rings. The van der Waals surface area contributed by atoms with Crippen molar-refractivity contribution in [2.45, 2.75) is 85.8 Å². The van der Waals surface area contributed by atoms with Crippen LogP contribution in [0.4, 0.5) is 9.59 Å². The Morgan fingerprint density at radius 1 is 0.531 bits per heavy atom. The number of terminal acetylenes is 1. The van der Waals surface area contributed by atoms with E-state index < -0.39 is 51.6 Å². The third kappa shape index (κ3) is 33.9. The van der Waals surface area contributed by atoms with Crippen LogP contribution in [0.15, 0.2) is 160 Å². The van der Waals surface area contributed by atoms with E-state index in [9.17, 15) is 47.9 Å². The van der Waals surface area contributed by atoms with Gasteiger partial charge in [-0.25, -0.2) is 28.8 Å². The Labute approximate surface area is 655 Å². The van der Waals surface area contributed by atoms with E-state index in [1.54, 1.807) is 118 Å². The molecule has 520 valence electrons. The summed E-state index contributed by atoms with van der Waals surface area (Å²) in [7, 11) is 6.35. The summed E-state index contributed by atoms with van der Waals surface area (Å²) in [5, 5.41) is 12.6. The Kier molecular flexibility index (Phi) is 40.9. The van der Waals surface area contributed by atoms with Gasteiger partial charge >= 0.3 is 86.3 Å². The molecule has 4 aromatic heterocycles. The summed E-state index contributed by atoms with van der Waals surface area (Å²) >= 11 is 9.15. The third-order valence-corrected chi connectivity index (χ3v) is 13.3. The number of hydrogen-bond acceptors (Lipinski definition) is 17. The second-order valence-corrected chi connectivity index (χ2v) is 24.1. The molecule has 0 aliphatic rings. The van der Waals surface area contributed by atoms with Crippen molar-refractivity contribution in [3.8, 4) is 47.2 Å². The molecule has 0 aliphatic carbocycles. The fraction of sp³-hybridized carbons (Fsp3) is 0.303. The molecule has 8 aromatic rings. The van der Waals surface area contributed by atoms with Gasteiger partial charge in [-0.1, -0.05) is 72.0 Å². The Morgan fingerprint density at radius 2 is 0.867 bits per heavy atom. The first-order valence-electron chi connectivity index (χ1n) is 28.7. The molecule has 2 amide bonds. The van der Waals surface area contributed by atoms with Crippen LogP contribution in [-0.4, -0.2) is 115 Å². The number of nitrogens with one attached hydrogen (secondary N) is 6. The van der Waals surface area contributed by atoms with Gasteiger partial charge in [0.2, 0.25) is 0 Å². The number of aromatic amines is 4. The number of aromatic nitrogens is 8. The number of alkyl carbamates (subject to hydrolysis) is 2. The number of halogens is 4. The largest absolute Gasteiger partial charge is 1.00 e. The standard InChI is InChI=1S/C28H31N3O6.C20H19IN2O4.C8H13NO2.C4H3ClN2O2.C4H3IN2O2.C2H6O.HI.K/c1-28(2,3)37-26(33)29-16-6-7-22-17-25(32)31(19-21-10-14-24(36-5)15-11-21)27(34)30(22)18-20-8-12-23(35-4)13-9-20;1-26-16-7-3-14(4-8-16)12-22-18(21)11-19(24)23(20(22)25)13-15-5-9-17(27-2)10-6-15;1-5-6-9-7(10)11-8(2,3)4;2*5-2-1-3(8)7-4(9)6-2;1-2-3;;/h8-15,17H,16,18-19H2,1-5H3,(H,29,33);3-11H,12-13H2,1-2H3;1H,6H2,2-4H3,(H,9,10);2*1H,(H2,6,7,8,9);3H,2H2,1H3;1H;/q;;;;;;;+1/p-1. The van der Waals surface area contributed by atoms with Crippen LogP contribution in [-0.2, 0) is 35.7 Å². The zero-order valence-electron chi connectivity index (χ0n) is 55.9. The van der Waals surface area contributed by atoms with E-state index >= 15 is 0 Å². The van der Waals surface area contributed by atoms with Crippen molar-refractivity contribution in [2.75, 3.05) is 48.1 Å². The van der Waals surface area contributed by atoms with Gasteiger partial charge in [0.25, 0.3) is 22.2 Å². The minimum absolute atomic E-state index is 0. The molecule has 0 bridgehead atoms. The van der Waals surface area contributed by atoms with Crippen LogP contribution in [0.5, 0.6) is 23.0 Å². The zero-order chi connectivity index (χ0) is 71.7. The van der Waals surface area contributed by atoms with E-state index in [0.29, 0.717) is 25.4 Å². The summed E-state index contributed by atoms with van der Waals surface area (Å²) in [6.45, 7) is 13.7. The molecule has 0 radical (unpaired) electrons. The number of rotatable bonds is 14. The van der Waals surface area contributed by atoms with E-state index in [-0.39, 0.29) is 142 Å². The van der Waals surface area contributed by atoms with Crippen molar-refractivity contribution in [3.63, 3.8) is 0 Å². The monoisotopic (exact) mass is 1730 g/mol. The molecule has 0 unspecified atom stereocenters. The predicted molar refractivity (Wildman–Crippen MR) is 381 cm³/mol. The quantitative estimate of drug-likeness (QED) is 0.0332. The van der Waals surface area contributed by atoms with Crippen LogP contribution < -0.4 is 150 Å². The average Bonchev–Trinajstić information content (AvgIpc) is 0.805. The molecule has 32 heteroatoms. The number of amides is 2. The van der Waals surface area contributed by atoms with Gasteiger partial charge in [0.05, 0.1) is 75.1 Å². The Balaban J connectivity index is 0.000000679. The van der Waals surface area contributed by atoms with E-state index in [4.69, 9.17) is 51.6 Å². The molecule has 27 nitrogen and oxygen atoms in total. The Bertz CT molecular complexity index is 4320. The predicted octanol–water partition coefficient (Wildman–Crippen LogP) is 0.264. The first-order valence-corrected chi connectivity index (χ1v) is 31.2. The maximum atomic E-state index is 13.5. The molecular weight excluding hydrogens is 1660 g/mol. The summed E-state index contributed by atoms with van der Waals surface area (Å²) in [6.07, 6.45) is 3.84. The van der Waals surface area contributed by atoms with Gasteiger partial charge in [-0.2, -0.15) is 0 Å². The van der Waals surface area contributed by atoms with Crippen molar-refractivity contribution < 1.29 is 118 Å². The summed E-state index contributed by atoms with van der Waals surface area (Å²) in [5.41, 5.74) is -0.996. The number of hydrogen-bond donors (Lipinski definition) is 7. The van der Waals surface area contributed by atoms with Gasteiger partial charge in [0.1, 0.15) is 45.0 Å². The minimum atomic E-state index is -0.634. The third-order valence-electron chi connectivity index (χ3n) is 11.6. The fourth-order valence-electron chi connectivity index (χ4n) is 7.43. The van der Waals surface area contributed by atoms with Crippen molar-refractivity contribution >= 4 is 69.0 Å². The number of aliphatic hydroxyl groups excluding tert-OH is 1. The normalized spacial score (nSPS) is 10.0. The minimum Gasteiger partial charge on any atom is -1.00 e. The first-order chi connectivity index (χ1) is 45.3. The molecular formula is C66H75ClI3KN10O17. The van der Waals surface area contributed by atoms with Gasteiger partial charge in [-0.15, -0.1) is 6.42 Å². The topological polar surface area (TPSA) is 353 Å². The summed E-state index contributed by atoms with van der Waals surface area (Å²) in [4.78, 5) is 124. The SMILES string of the molecule is C#CCNC(=O)OC(C)(C)C.CCO.COc1ccc(Cn2c(C#CCNC(=O)OC(C)(C)C)cc(=O)n(Cc3ccc(OC)cc3)c2=O)cc1.COc1ccc(Cn2c(I)cc(=O)n(Cc3ccc(OC)cc3)c2=O)cc1.O=c1cc(Cl)[nH]c(=O)[nH]1.O=c1cc(I)[nH]c(=O)[nH]1.[I-].[K+]. The molecule has 7 N–H and O–H groups in total. The van der Waals surface area contributed by atoms with Crippen LogP contribution in [0.1, 0.15) is 76.4 Å². The smallest absolute Gasteiger partial charge is 1.00 e. The Morgan fingerprint density at radius 3 is 1.20 bits per heavy atom. The molecule has 8 rings (SSSR count). The first kappa shape index (κ1) is 88.5. The molecule has 0 saturated heterocycles. The van der Waals surface area contributed by atoms with E-state index in [0.717, 1.165) is 44.4 Å². The van der Waals surface area contributed by atoms with Gasteiger partial charge < -0.3 is 73.1 Å². The molecule has 0 saturated carbocycles. The molecule has 4 heterocycles. The van der Waals surface area contributed by atoms with E-state index in [1.807, 2.05) is 116 Å². The number of ether oxygens (including phenoxy) is 6. The molecule has 4 aromatic carbocycles. The molecule has 0 atom stereocenters. The number of carbonyl (C=O) groups is 2. The maximum Gasteiger partial charge on any atom is 1.00 e. The maximum absolute atomic E-state index is 13.5. The molecule has 98 heavy (non-hydrogen) atoms. The second kappa shape index (κ2) is 45.3. The van der Waals surface area contributed by atoms with Gasteiger partial charge in [-0.3, -0.25) is 52.4 Å². The second-order valence-electron chi connectivity index (χ2n) is 21.4. The van der Waals surface area contributed by atoms with Crippen molar-refractivity contribution in [1.29, 1.82) is 0 Å². The molecule has 0 aliphatic heterocycles. The van der Waals surface area contributed by atoms with Crippen molar-refractivity contribution in [2.24, 2.45) is 0 Å². The summed E-state index contributed by atoms with van der Waals surface area (Å²) < 4.78 is 37.4. The number of methoxy groups -OCH3 is 4. The van der Waals surface area contributed by atoms with Crippen LogP contribution >= 0.6 is 56.8 Å². The van der Waals surface area contributed by atoms with Crippen LogP contribution in [0, 0.1) is 31.6 Å². The van der Waals surface area contributed by atoms with Crippen molar-refractivity contribution in [3.05, 3.63) is 245 Å². The van der Waals surface area contributed by atoms with Crippen molar-refractivity contribution in [1.82, 2.24) is 48.8 Å². The van der Waals surface area contributed by atoms with Crippen LogP contribution in [0.2, 0.25) is 5.15 Å². The van der Waals surface area contributed by atoms with Gasteiger partial charge in [0.15, 0.2) is 0 Å². The summed E-state index contributed by atoms with van der Waals surface area (Å²) in [6, 6.07) is 34.4.